The number of carbonyl (C=O) groups excluding carboxylic acids is 1. The van der Waals surface area contributed by atoms with Gasteiger partial charge in [-0.1, -0.05) is 31.0 Å². The molecule has 1 aliphatic carbocycles. The highest BCUT2D eigenvalue weighted by Crippen LogP contribution is 2.39. The van der Waals surface area contributed by atoms with Crippen molar-refractivity contribution in [2.24, 2.45) is 5.92 Å². The molecule has 1 aromatic carbocycles. The maximum absolute atomic E-state index is 13.2. The first-order chi connectivity index (χ1) is 14.4. The molecule has 30 heavy (non-hydrogen) atoms. The SMILES string of the molecule is CC[C@H]1CC(=O)C[C@H]1c1nnc2cnc3c(ccn3S(=O)(=O)c3ccc(C)cc3)n12. The number of aryl methyl sites for hydroxylation is 1. The topological polar surface area (TPSA) is 99.2 Å². The summed E-state index contributed by atoms with van der Waals surface area (Å²) >= 11 is 0. The molecule has 4 aromatic rings. The zero-order chi connectivity index (χ0) is 21.0. The molecule has 3 aromatic heterocycles. The molecule has 0 radical (unpaired) electrons. The van der Waals surface area contributed by atoms with Gasteiger partial charge < -0.3 is 0 Å². The Morgan fingerprint density at radius 1 is 1.10 bits per heavy atom. The van der Waals surface area contributed by atoms with Crippen LogP contribution in [0.5, 0.6) is 0 Å². The molecular weight excluding hydrogens is 402 g/mol. The van der Waals surface area contributed by atoms with Crippen molar-refractivity contribution in [2.45, 2.75) is 43.9 Å². The smallest absolute Gasteiger partial charge is 0.269 e. The fraction of sp³-hybridized carbons (Fsp3) is 0.333. The molecule has 1 fully saturated rings. The lowest BCUT2D eigenvalue weighted by Gasteiger charge is -2.15. The number of hydrogen-bond donors (Lipinski definition) is 0. The predicted molar refractivity (Wildman–Crippen MR) is 111 cm³/mol. The highest BCUT2D eigenvalue weighted by atomic mass is 32.2. The molecular formula is C21H21N5O3S. The number of carbonyl (C=O) groups is 1. The number of ketones is 1. The van der Waals surface area contributed by atoms with Crippen LogP contribution in [0.2, 0.25) is 0 Å². The van der Waals surface area contributed by atoms with E-state index in [1.165, 1.54) is 16.4 Å². The molecule has 154 valence electrons. The second kappa shape index (κ2) is 6.73. The van der Waals surface area contributed by atoms with Gasteiger partial charge in [-0.2, -0.15) is 0 Å². The lowest BCUT2D eigenvalue weighted by Crippen LogP contribution is -2.13. The molecule has 2 atom stereocenters. The molecule has 1 aliphatic rings. The Morgan fingerprint density at radius 3 is 2.60 bits per heavy atom. The van der Waals surface area contributed by atoms with Crippen LogP contribution in [0.1, 0.15) is 43.5 Å². The van der Waals surface area contributed by atoms with E-state index in [4.69, 9.17) is 0 Å². The Kier molecular flexibility index (Phi) is 4.25. The molecule has 0 aliphatic heterocycles. The van der Waals surface area contributed by atoms with Gasteiger partial charge in [0, 0.05) is 25.0 Å². The number of benzene rings is 1. The lowest BCUT2D eigenvalue weighted by atomic mass is 9.93. The van der Waals surface area contributed by atoms with Crippen LogP contribution in [0.25, 0.3) is 16.8 Å². The van der Waals surface area contributed by atoms with Gasteiger partial charge in [-0.3, -0.25) is 9.20 Å². The first kappa shape index (κ1) is 18.9. The first-order valence-electron chi connectivity index (χ1n) is 9.95. The van der Waals surface area contributed by atoms with Crippen LogP contribution in [0.3, 0.4) is 0 Å². The summed E-state index contributed by atoms with van der Waals surface area (Å²) in [6, 6.07) is 8.43. The van der Waals surface area contributed by atoms with Crippen molar-refractivity contribution >= 4 is 32.6 Å². The molecule has 0 spiro atoms. The van der Waals surface area contributed by atoms with E-state index in [9.17, 15) is 13.2 Å². The molecule has 8 nitrogen and oxygen atoms in total. The van der Waals surface area contributed by atoms with E-state index in [1.54, 1.807) is 30.3 Å². The van der Waals surface area contributed by atoms with Gasteiger partial charge in [0.1, 0.15) is 11.6 Å². The summed E-state index contributed by atoms with van der Waals surface area (Å²) in [5.41, 5.74) is 2.44. The van der Waals surface area contributed by atoms with E-state index >= 15 is 0 Å². The van der Waals surface area contributed by atoms with Crippen molar-refractivity contribution in [3.8, 4) is 0 Å². The minimum Gasteiger partial charge on any atom is -0.300 e. The number of fused-ring (bicyclic) bond motifs is 3. The largest absolute Gasteiger partial charge is 0.300 e. The van der Waals surface area contributed by atoms with Crippen LogP contribution in [-0.2, 0) is 14.8 Å². The molecule has 3 heterocycles. The molecule has 5 rings (SSSR count). The molecule has 0 saturated heterocycles. The maximum Gasteiger partial charge on any atom is 0.269 e. The number of rotatable bonds is 4. The van der Waals surface area contributed by atoms with Gasteiger partial charge in [-0.25, -0.2) is 17.4 Å². The van der Waals surface area contributed by atoms with Crippen LogP contribution in [0.4, 0.5) is 0 Å². The van der Waals surface area contributed by atoms with E-state index in [0.717, 1.165) is 12.0 Å². The highest BCUT2D eigenvalue weighted by Gasteiger charge is 2.36. The van der Waals surface area contributed by atoms with Crippen molar-refractivity contribution in [2.75, 3.05) is 0 Å². The van der Waals surface area contributed by atoms with Crippen LogP contribution in [0, 0.1) is 12.8 Å². The van der Waals surface area contributed by atoms with Crippen molar-refractivity contribution in [3.63, 3.8) is 0 Å². The van der Waals surface area contributed by atoms with E-state index < -0.39 is 10.0 Å². The van der Waals surface area contributed by atoms with Crippen molar-refractivity contribution in [1.82, 2.24) is 23.6 Å². The second-order valence-electron chi connectivity index (χ2n) is 7.87. The average molecular weight is 423 g/mol. The summed E-state index contributed by atoms with van der Waals surface area (Å²) in [6.07, 6.45) is 4.89. The van der Waals surface area contributed by atoms with E-state index in [0.29, 0.717) is 35.5 Å². The first-order valence-corrected chi connectivity index (χ1v) is 11.4. The summed E-state index contributed by atoms with van der Waals surface area (Å²) in [5.74, 6) is 1.11. The number of hydrogen-bond acceptors (Lipinski definition) is 6. The van der Waals surface area contributed by atoms with Crippen LogP contribution >= 0.6 is 0 Å². The van der Waals surface area contributed by atoms with Crippen molar-refractivity contribution in [1.29, 1.82) is 0 Å². The number of Topliss-reactive ketones (excluding diaryl/α,β-unsaturated/α-hetero) is 1. The molecule has 0 bridgehead atoms. The lowest BCUT2D eigenvalue weighted by molar-refractivity contribution is -0.117. The van der Waals surface area contributed by atoms with Gasteiger partial charge in [0.25, 0.3) is 10.0 Å². The quantitative estimate of drug-likeness (QED) is 0.500. The van der Waals surface area contributed by atoms with Crippen LogP contribution < -0.4 is 0 Å². The fourth-order valence-corrected chi connectivity index (χ4v) is 5.67. The third-order valence-electron chi connectivity index (χ3n) is 6.00. The molecule has 1 saturated carbocycles. The van der Waals surface area contributed by atoms with E-state index in [2.05, 4.69) is 22.1 Å². The van der Waals surface area contributed by atoms with Crippen molar-refractivity contribution < 1.29 is 13.2 Å². The molecule has 0 N–H and O–H groups in total. The zero-order valence-corrected chi connectivity index (χ0v) is 17.5. The molecule has 0 unspecified atom stereocenters. The summed E-state index contributed by atoms with van der Waals surface area (Å²) < 4.78 is 29.5. The Morgan fingerprint density at radius 2 is 1.87 bits per heavy atom. The summed E-state index contributed by atoms with van der Waals surface area (Å²) in [4.78, 5) is 16.6. The normalized spacial score (nSPS) is 19.9. The van der Waals surface area contributed by atoms with Crippen LogP contribution in [0.15, 0.2) is 47.6 Å². The summed E-state index contributed by atoms with van der Waals surface area (Å²) in [6.45, 7) is 3.98. The standard InChI is InChI=1S/C21H21N5O3S/c1-3-14-10-15(27)11-17(14)20-24-23-19-12-22-21-18(26(19)20)8-9-25(21)30(28,29)16-6-4-13(2)5-7-16/h4-9,12,14,17H,3,10-11H2,1-2H3/t14-,17+/m0/s1. The Bertz CT molecular complexity index is 1390. The minimum atomic E-state index is -3.80. The third kappa shape index (κ3) is 2.76. The Labute approximate surface area is 173 Å². The summed E-state index contributed by atoms with van der Waals surface area (Å²) in [7, 11) is -3.80. The van der Waals surface area contributed by atoms with Crippen molar-refractivity contribution in [3.05, 3.63) is 54.1 Å². The molecule has 9 heteroatoms. The van der Waals surface area contributed by atoms with E-state index in [-0.39, 0.29) is 22.5 Å². The minimum absolute atomic E-state index is 0.0276. The average Bonchev–Trinajstić information content (AvgIpc) is 3.43. The predicted octanol–water partition coefficient (Wildman–Crippen LogP) is 3.10. The zero-order valence-electron chi connectivity index (χ0n) is 16.7. The summed E-state index contributed by atoms with van der Waals surface area (Å²) in [5, 5.41) is 8.59. The number of nitrogens with zero attached hydrogens (tertiary/aromatic N) is 5. The van der Waals surface area contributed by atoms with Crippen LogP contribution in [-0.4, -0.2) is 37.8 Å². The maximum atomic E-state index is 13.2. The third-order valence-corrected chi connectivity index (χ3v) is 7.68. The van der Waals surface area contributed by atoms with Gasteiger partial charge >= 0.3 is 0 Å². The van der Waals surface area contributed by atoms with Gasteiger partial charge in [-0.05, 0) is 31.0 Å². The van der Waals surface area contributed by atoms with Gasteiger partial charge in [0.05, 0.1) is 16.6 Å². The highest BCUT2D eigenvalue weighted by molar-refractivity contribution is 7.90. The van der Waals surface area contributed by atoms with E-state index in [1.807, 2.05) is 11.3 Å². The monoisotopic (exact) mass is 423 g/mol. The Hall–Kier alpha value is -3.07. The molecule has 0 amide bonds. The number of aromatic nitrogens is 5. The van der Waals surface area contributed by atoms with Gasteiger partial charge in [0.15, 0.2) is 11.3 Å². The Balaban J connectivity index is 1.70. The van der Waals surface area contributed by atoms with Gasteiger partial charge in [0.2, 0.25) is 0 Å². The second-order valence-corrected chi connectivity index (χ2v) is 9.69. The fourth-order valence-electron chi connectivity index (χ4n) is 4.37. The van der Waals surface area contributed by atoms with Gasteiger partial charge in [-0.15, -0.1) is 10.2 Å².